The first-order chi connectivity index (χ1) is 16.8. The number of halogens is 6. The minimum absolute atomic E-state index is 0. The Bertz CT molecular complexity index is 1130. The van der Waals surface area contributed by atoms with Crippen molar-refractivity contribution in [2.75, 3.05) is 30.3 Å². The first-order valence-corrected chi connectivity index (χ1v) is 10.9. The summed E-state index contributed by atoms with van der Waals surface area (Å²) >= 11 is 4.91. The Morgan fingerprint density at radius 3 is 2.03 bits per heavy atom. The summed E-state index contributed by atoms with van der Waals surface area (Å²) in [5, 5.41) is 17.4. The van der Waals surface area contributed by atoms with E-state index in [0.717, 1.165) is 5.56 Å². The van der Waals surface area contributed by atoms with E-state index in [9.17, 15) is 27.1 Å². The monoisotopic (exact) mass is 547 g/mol. The molecule has 0 unspecified atom stereocenters. The van der Waals surface area contributed by atoms with Gasteiger partial charge in [-0.25, -0.2) is 22.0 Å². The van der Waals surface area contributed by atoms with Crippen LogP contribution in [-0.2, 0) is 6.42 Å². The maximum absolute atomic E-state index is 13.8. The second-order valence-electron chi connectivity index (χ2n) is 7.45. The normalized spacial score (nSPS) is 11.4. The number of nitrogens with one attached hydrogen (secondary N) is 3. The van der Waals surface area contributed by atoms with Gasteiger partial charge in [-0.2, -0.15) is 0 Å². The van der Waals surface area contributed by atoms with E-state index < -0.39 is 40.9 Å². The molecule has 5 nitrogen and oxygen atoms in total. The van der Waals surface area contributed by atoms with Crippen molar-refractivity contribution in [3.8, 4) is 5.75 Å². The third kappa shape index (κ3) is 8.02. The van der Waals surface area contributed by atoms with Gasteiger partial charge in [0.2, 0.25) is 5.82 Å². The number of aliphatic hydroxyl groups excluding tert-OH is 1. The molecule has 0 radical (unpaired) electrons. The third-order valence-electron chi connectivity index (χ3n) is 4.82. The smallest absolute Gasteiger partial charge is 0.200 e. The van der Waals surface area contributed by atoms with Gasteiger partial charge >= 0.3 is 0 Å². The lowest BCUT2D eigenvalue weighted by molar-refractivity contribution is 0.106. The van der Waals surface area contributed by atoms with Gasteiger partial charge in [-0.15, -0.1) is 12.4 Å². The zero-order valence-electron chi connectivity index (χ0n) is 18.7. The van der Waals surface area contributed by atoms with Gasteiger partial charge in [0.15, 0.2) is 28.4 Å². The van der Waals surface area contributed by atoms with Gasteiger partial charge in [-0.3, -0.25) is 0 Å². The van der Waals surface area contributed by atoms with Crippen molar-refractivity contribution in [2.45, 2.75) is 12.5 Å². The topological polar surface area (TPSA) is 65.5 Å². The number of hydrogen-bond acceptors (Lipinski definition) is 4. The van der Waals surface area contributed by atoms with Crippen molar-refractivity contribution >= 4 is 41.1 Å². The number of para-hydroxylation sites is 1. The number of benzene rings is 3. The average Bonchev–Trinajstić information content (AvgIpc) is 2.87. The second-order valence-corrected chi connectivity index (χ2v) is 7.86. The molecule has 0 aliphatic heterocycles. The van der Waals surface area contributed by atoms with Gasteiger partial charge in [-0.1, -0.05) is 30.3 Å². The first kappa shape index (κ1) is 29.2. The van der Waals surface area contributed by atoms with E-state index in [2.05, 4.69) is 10.6 Å². The molecular formula is C24H23ClF5N3O2S. The minimum atomic E-state index is -2.25. The molecule has 0 amide bonds. The maximum atomic E-state index is 13.8. The molecule has 3 aromatic carbocycles. The summed E-state index contributed by atoms with van der Waals surface area (Å²) in [7, 11) is 0. The average molecular weight is 548 g/mol. The van der Waals surface area contributed by atoms with Gasteiger partial charge in [0.05, 0.1) is 0 Å². The molecular weight excluding hydrogens is 525 g/mol. The Labute approximate surface area is 216 Å². The number of ether oxygens (including phenoxy) is 1. The van der Waals surface area contributed by atoms with Gasteiger partial charge in [0.1, 0.15) is 24.1 Å². The van der Waals surface area contributed by atoms with Crippen molar-refractivity contribution in [3.63, 3.8) is 0 Å². The summed E-state index contributed by atoms with van der Waals surface area (Å²) in [5.41, 5.74) is 0.159. The molecule has 0 spiro atoms. The minimum Gasteiger partial charge on any atom is -0.491 e. The molecule has 12 heteroatoms. The standard InChI is InChI=1S/C24H22F5N3O2S.ClH/c25-18-19(26)21(28)23(22(29)20(18)27)32-24(35)31-15-8-6-14(7-9-15)10-11-30-12-16(33)13-34-17-4-2-1-3-5-17;/h1-9,16,30,33H,10-13H2,(H2,31,32,35);1H/t16-;/m0./s1. The largest absolute Gasteiger partial charge is 0.491 e. The van der Waals surface area contributed by atoms with Crippen LogP contribution >= 0.6 is 24.6 Å². The van der Waals surface area contributed by atoms with Crippen LogP contribution in [0.15, 0.2) is 54.6 Å². The number of aliphatic hydroxyl groups is 1. The lowest BCUT2D eigenvalue weighted by Gasteiger charge is -2.14. The Morgan fingerprint density at radius 1 is 0.833 bits per heavy atom. The number of hydrogen-bond donors (Lipinski definition) is 4. The molecule has 0 bridgehead atoms. The van der Waals surface area contributed by atoms with E-state index in [0.29, 0.717) is 30.9 Å². The number of thiocarbonyl (C=S) groups is 1. The lowest BCUT2D eigenvalue weighted by Crippen LogP contribution is -2.32. The highest BCUT2D eigenvalue weighted by atomic mass is 35.5. The van der Waals surface area contributed by atoms with E-state index in [1.54, 1.807) is 36.4 Å². The van der Waals surface area contributed by atoms with Crippen LogP contribution in [0.4, 0.5) is 33.3 Å². The van der Waals surface area contributed by atoms with Crippen LogP contribution in [0, 0.1) is 29.1 Å². The molecule has 1 atom stereocenters. The van der Waals surface area contributed by atoms with E-state index in [1.807, 2.05) is 23.5 Å². The summed E-state index contributed by atoms with van der Waals surface area (Å²) in [6.45, 7) is 1.11. The molecule has 0 aliphatic rings. The Morgan fingerprint density at radius 2 is 1.42 bits per heavy atom. The van der Waals surface area contributed by atoms with Gasteiger partial charge < -0.3 is 25.8 Å². The quantitative estimate of drug-likeness (QED) is 0.0922. The van der Waals surface area contributed by atoms with Gasteiger partial charge in [0, 0.05) is 12.2 Å². The zero-order chi connectivity index (χ0) is 25.4. The van der Waals surface area contributed by atoms with Crippen LogP contribution in [0.2, 0.25) is 0 Å². The molecule has 194 valence electrons. The fraction of sp³-hybridized carbons (Fsp3) is 0.208. The highest BCUT2D eigenvalue weighted by molar-refractivity contribution is 7.80. The van der Waals surface area contributed by atoms with Crippen LogP contribution in [0.3, 0.4) is 0 Å². The van der Waals surface area contributed by atoms with Gasteiger partial charge in [-0.05, 0) is 55.0 Å². The predicted molar refractivity (Wildman–Crippen MR) is 134 cm³/mol. The molecule has 36 heavy (non-hydrogen) atoms. The lowest BCUT2D eigenvalue weighted by atomic mass is 10.1. The van der Waals surface area contributed by atoms with Crippen molar-refractivity contribution in [3.05, 3.63) is 89.2 Å². The van der Waals surface area contributed by atoms with Crippen molar-refractivity contribution in [1.29, 1.82) is 0 Å². The van der Waals surface area contributed by atoms with Crippen molar-refractivity contribution in [2.24, 2.45) is 0 Å². The fourth-order valence-corrected chi connectivity index (χ4v) is 3.23. The van der Waals surface area contributed by atoms with Crippen LogP contribution in [0.1, 0.15) is 5.56 Å². The molecule has 0 fully saturated rings. The molecule has 0 aliphatic carbocycles. The van der Waals surface area contributed by atoms with Gasteiger partial charge in [0.25, 0.3) is 0 Å². The summed E-state index contributed by atoms with van der Waals surface area (Å²) in [6, 6.07) is 16.0. The van der Waals surface area contributed by atoms with Crippen LogP contribution in [0.25, 0.3) is 0 Å². The van der Waals surface area contributed by atoms with E-state index in [-0.39, 0.29) is 24.1 Å². The van der Waals surface area contributed by atoms with Crippen LogP contribution in [-0.4, -0.2) is 36.0 Å². The fourth-order valence-electron chi connectivity index (χ4n) is 3.01. The van der Waals surface area contributed by atoms with Crippen LogP contribution in [0.5, 0.6) is 5.75 Å². The molecule has 0 heterocycles. The summed E-state index contributed by atoms with van der Waals surface area (Å²) < 4.78 is 72.8. The highest BCUT2D eigenvalue weighted by Gasteiger charge is 2.26. The molecule has 0 aromatic heterocycles. The van der Waals surface area contributed by atoms with Crippen LogP contribution < -0.4 is 20.7 Å². The second kappa shape index (κ2) is 13.9. The Kier molecular flexibility index (Phi) is 11.3. The summed E-state index contributed by atoms with van der Waals surface area (Å²) in [4.78, 5) is 0. The summed E-state index contributed by atoms with van der Waals surface area (Å²) in [5.74, 6) is -9.71. The van der Waals surface area contributed by atoms with E-state index >= 15 is 0 Å². The SMILES string of the molecule is Cl.O[C@@H](CNCCc1ccc(NC(=S)Nc2c(F)c(F)c(F)c(F)c2F)cc1)COc1ccccc1. The maximum Gasteiger partial charge on any atom is 0.200 e. The number of rotatable bonds is 10. The highest BCUT2D eigenvalue weighted by Crippen LogP contribution is 2.27. The molecule has 4 N–H and O–H groups in total. The summed E-state index contributed by atoms with van der Waals surface area (Å²) in [6.07, 6.45) is -0.0206. The van der Waals surface area contributed by atoms with Crippen molar-refractivity contribution in [1.82, 2.24) is 5.32 Å². The molecule has 3 aromatic rings. The zero-order valence-corrected chi connectivity index (χ0v) is 20.3. The Balaban J connectivity index is 0.00000456. The van der Waals surface area contributed by atoms with E-state index in [4.69, 9.17) is 17.0 Å². The van der Waals surface area contributed by atoms with E-state index in [1.165, 1.54) is 0 Å². The predicted octanol–water partition coefficient (Wildman–Crippen LogP) is 5.18. The third-order valence-corrected chi connectivity index (χ3v) is 5.02. The van der Waals surface area contributed by atoms with Crippen molar-refractivity contribution < 1.29 is 31.8 Å². The molecule has 0 saturated carbocycles. The molecule has 3 rings (SSSR count). The Hall–Kier alpha value is -2.99. The molecule has 0 saturated heterocycles. The number of anilines is 2. The first-order valence-electron chi connectivity index (χ1n) is 10.5.